The molecule has 0 radical (unpaired) electrons. The summed E-state index contributed by atoms with van der Waals surface area (Å²) in [5, 5.41) is 0.552. The van der Waals surface area contributed by atoms with Gasteiger partial charge >= 0.3 is 0 Å². The first-order valence-electron chi connectivity index (χ1n) is 10.7. The van der Waals surface area contributed by atoms with Crippen LogP contribution in [-0.4, -0.2) is 36.5 Å². The van der Waals surface area contributed by atoms with Crippen LogP contribution in [0.1, 0.15) is 18.2 Å². The van der Waals surface area contributed by atoms with Gasteiger partial charge in [0.05, 0.1) is 37.1 Å². The normalized spacial score (nSPS) is 17.1. The average molecular weight is 479 g/mol. The Labute approximate surface area is 200 Å². The standard InChI is InChI=1S/C25H22N2O6S/c1-3-30-20-13-22-21(32-15-33-22)11-16(20)12-23-24(28)27(14-19-5-4-10-31-19)25(34-23)26-17-6-8-18(29-2)9-7-17/h4-13H,3,14-15H2,1-2H3/b23-12+,26-25?. The molecule has 9 heteroatoms. The molecule has 0 spiro atoms. The van der Waals surface area contributed by atoms with Crippen molar-refractivity contribution in [3.63, 3.8) is 0 Å². The summed E-state index contributed by atoms with van der Waals surface area (Å²) >= 11 is 1.30. The van der Waals surface area contributed by atoms with E-state index < -0.39 is 0 Å². The van der Waals surface area contributed by atoms with E-state index in [1.54, 1.807) is 36.5 Å². The lowest BCUT2D eigenvalue weighted by atomic mass is 10.1. The highest BCUT2D eigenvalue weighted by atomic mass is 32.2. The molecule has 3 aromatic rings. The second-order valence-electron chi connectivity index (χ2n) is 7.35. The van der Waals surface area contributed by atoms with Gasteiger partial charge in [-0.15, -0.1) is 0 Å². The number of ether oxygens (including phenoxy) is 4. The molecule has 0 aliphatic carbocycles. The smallest absolute Gasteiger partial charge is 0.267 e. The van der Waals surface area contributed by atoms with Crippen LogP contribution in [0.15, 0.2) is 69.1 Å². The van der Waals surface area contributed by atoms with Crippen molar-refractivity contribution in [1.82, 2.24) is 4.90 Å². The van der Waals surface area contributed by atoms with Gasteiger partial charge in [0.15, 0.2) is 16.7 Å². The first-order valence-corrected chi connectivity index (χ1v) is 11.5. The number of amides is 1. The van der Waals surface area contributed by atoms with Crippen molar-refractivity contribution in [3.05, 3.63) is 71.0 Å². The third-order valence-electron chi connectivity index (χ3n) is 5.17. The number of amidine groups is 1. The Morgan fingerprint density at radius 3 is 2.65 bits per heavy atom. The maximum Gasteiger partial charge on any atom is 0.267 e. The zero-order chi connectivity index (χ0) is 23.5. The van der Waals surface area contributed by atoms with E-state index in [1.807, 2.05) is 43.3 Å². The molecule has 0 saturated carbocycles. The Balaban J connectivity index is 1.51. The van der Waals surface area contributed by atoms with Gasteiger partial charge in [-0.1, -0.05) is 0 Å². The largest absolute Gasteiger partial charge is 0.497 e. The average Bonchev–Trinajstić information content (AvgIpc) is 3.58. The summed E-state index contributed by atoms with van der Waals surface area (Å²) in [7, 11) is 1.61. The van der Waals surface area contributed by atoms with Crippen molar-refractivity contribution in [2.24, 2.45) is 4.99 Å². The first kappa shape index (κ1) is 22.0. The topological polar surface area (TPSA) is 82.7 Å². The summed E-state index contributed by atoms with van der Waals surface area (Å²) < 4.78 is 27.5. The van der Waals surface area contributed by atoms with Gasteiger partial charge in [-0.3, -0.25) is 9.69 Å². The fourth-order valence-corrected chi connectivity index (χ4v) is 4.52. The quantitative estimate of drug-likeness (QED) is 0.431. The van der Waals surface area contributed by atoms with Crippen LogP contribution >= 0.6 is 11.8 Å². The lowest BCUT2D eigenvalue weighted by molar-refractivity contribution is -0.122. The van der Waals surface area contributed by atoms with Crippen LogP contribution in [-0.2, 0) is 11.3 Å². The van der Waals surface area contributed by atoms with Crippen molar-refractivity contribution >= 4 is 34.6 Å². The number of hydrogen-bond donors (Lipinski definition) is 0. The number of hydrogen-bond acceptors (Lipinski definition) is 8. The minimum atomic E-state index is -0.172. The van der Waals surface area contributed by atoms with Gasteiger partial charge in [-0.25, -0.2) is 4.99 Å². The molecule has 1 fully saturated rings. The maximum atomic E-state index is 13.4. The van der Waals surface area contributed by atoms with E-state index >= 15 is 0 Å². The second kappa shape index (κ2) is 9.56. The highest BCUT2D eigenvalue weighted by Crippen LogP contribution is 2.41. The Hall–Kier alpha value is -3.85. The summed E-state index contributed by atoms with van der Waals surface area (Å²) in [5.74, 6) is 3.08. The molecule has 5 rings (SSSR count). The number of nitrogens with zero attached hydrogens (tertiary/aromatic N) is 2. The zero-order valence-electron chi connectivity index (χ0n) is 18.6. The fraction of sp³-hybridized carbons (Fsp3) is 0.200. The zero-order valence-corrected chi connectivity index (χ0v) is 19.5. The van der Waals surface area contributed by atoms with Gasteiger partial charge in [0.2, 0.25) is 6.79 Å². The monoisotopic (exact) mass is 478 g/mol. The van der Waals surface area contributed by atoms with Crippen molar-refractivity contribution in [2.45, 2.75) is 13.5 Å². The number of carbonyl (C=O) groups is 1. The van der Waals surface area contributed by atoms with Crippen LogP contribution in [0.5, 0.6) is 23.0 Å². The molecule has 1 saturated heterocycles. The molecule has 0 unspecified atom stereocenters. The summed E-state index contributed by atoms with van der Waals surface area (Å²) in [6.45, 7) is 2.81. The van der Waals surface area contributed by atoms with Crippen molar-refractivity contribution in [3.8, 4) is 23.0 Å². The molecule has 34 heavy (non-hydrogen) atoms. The lowest BCUT2D eigenvalue weighted by Crippen LogP contribution is -2.28. The number of fused-ring (bicyclic) bond motifs is 1. The second-order valence-corrected chi connectivity index (χ2v) is 8.36. The van der Waals surface area contributed by atoms with Crippen LogP contribution in [0.25, 0.3) is 6.08 Å². The lowest BCUT2D eigenvalue weighted by Gasteiger charge is -2.14. The Morgan fingerprint density at radius 1 is 1.15 bits per heavy atom. The minimum Gasteiger partial charge on any atom is -0.497 e. The van der Waals surface area contributed by atoms with Crippen LogP contribution in [0.2, 0.25) is 0 Å². The van der Waals surface area contributed by atoms with Crippen molar-refractivity contribution in [2.75, 3.05) is 20.5 Å². The van der Waals surface area contributed by atoms with E-state index in [0.717, 1.165) is 11.3 Å². The van der Waals surface area contributed by atoms with Crippen molar-refractivity contribution < 1.29 is 28.2 Å². The Bertz CT molecular complexity index is 1250. The summed E-state index contributed by atoms with van der Waals surface area (Å²) in [4.78, 5) is 20.3. The van der Waals surface area contributed by atoms with Crippen molar-refractivity contribution in [1.29, 1.82) is 0 Å². The molecular formula is C25H22N2O6S. The van der Waals surface area contributed by atoms with E-state index in [1.165, 1.54) is 11.8 Å². The number of aliphatic imine (C=N–C) groups is 1. The minimum absolute atomic E-state index is 0.157. The van der Waals surface area contributed by atoms with Crippen LogP contribution in [0.3, 0.4) is 0 Å². The van der Waals surface area contributed by atoms with E-state index in [-0.39, 0.29) is 19.2 Å². The van der Waals surface area contributed by atoms with Gasteiger partial charge in [-0.05, 0) is 67.2 Å². The molecule has 174 valence electrons. The molecule has 3 heterocycles. The molecule has 2 aromatic carbocycles. The summed E-state index contributed by atoms with van der Waals surface area (Å²) in [6, 6.07) is 14.6. The molecule has 8 nitrogen and oxygen atoms in total. The molecule has 1 aromatic heterocycles. The fourth-order valence-electron chi connectivity index (χ4n) is 3.53. The van der Waals surface area contributed by atoms with E-state index in [9.17, 15) is 4.79 Å². The van der Waals surface area contributed by atoms with Crippen LogP contribution < -0.4 is 18.9 Å². The predicted octanol–water partition coefficient (Wildman–Crippen LogP) is 5.22. The van der Waals surface area contributed by atoms with Crippen LogP contribution in [0, 0.1) is 0 Å². The maximum absolute atomic E-state index is 13.4. The number of rotatable bonds is 7. The van der Waals surface area contributed by atoms with E-state index in [2.05, 4.69) is 0 Å². The number of methoxy groups -OCH3 is 1. The van der Waals surface area contributed by atoms with Gasteiger partial charge in [-0.2, -0.15) is 0 Å². The third kappa shape index (κ3) is 4.47. The van der Waals surface area contributed by atoms with Gasteiger partial charge in [0.25, 0.3) is 5.91 Å². The predicted molar refractivity (Wildman–Crippen MR) is 129 cm³/mol. The highest BCUT2D eigenvalue weighted by molar-refractivity contribution is 8.18. The number of thioether (sulfide) groups is 1. The third-order valence-corrected chi connectivity index (χ3v) is 6.18. The summed E-state index contributed by atoms with van der Waals surface area (Å²) in [6.07, 6.45) is 3.38. The van der Waals surface area contributed by atoms with Gasteiger partial charge in [0.1, 0.15) is 17.3 Å². The molecule has 0 atom stereocenters. The number of carbonyl (C=O) groups excluding carboxylic acids is 1. The van der Waals surface area contributed by atoms with E-state index in [4.69, 9.17) is 28.4 Å². The Kier molecular flexibility index (Phi) is 6.18. The molecule has 0 N–H and O–H groups in total. The van der Waals surface area contributed by atoms with E-state index in [0.29, 0.717) is 45.4 Å². The SMILES string of the molecule is CCOc1cc2c(cc1/C=C1/SC(=Nc3ccc(OC)cc3)N(Cc3ccco3)C1=O)OCO2. The van der Waals surface area contributed by atoms with Gasteiger partial charge in [0, 0.05) is 11.6 Å². The molecule has 2 aliphatic heterocycles. The molecule has 2 aliphatic rings. The molecule has 0 bridgehead atoms. The number of benzene rings is 2. The number of furan rings is 1. The van der Waals surface area contributed by atoms with Crippen LogP contribution in [0.4, 0.5) is 5.69 Å². The summed E-state index contributed by atoms with van der Waals surface area (Å²) in [5.41, 5.74) is 1.44. The Morgan fingerprint density at radius 2 is 1.94 bits per heavy atom. The highest BCUT2D eigenvalue weighted by Gasteiger charge is 2.34. The molecule has 1 amide bonds. The first-order chi connectivity index (χ1) is 16.6. The molecular weight excluding hydrogens is 456 g/mol. The van der Waals surface area contributed by atoms with Gasteiger partial charge < -0.3 is 23.4 Å².